The van der Waals surface area contributed by atoms with E-state index in [-0.39, 0.29) is 5.78 Å². The molecule has 0 saturated heterocycles. The van der Waals surface area contributed by atoms with E-state index >= 15 is 0 Å². The van der Waals surface area contributed by atoms with Gasteiger partial charge in [0.05, 0.1) is 0 Å². The Hall–Kier alpha value is -1.24. The molecule has 1 nitrogen and oxygen atoms in total. The molecule has 0 atom stereocenters. The van der Waals surface area contributed by atoms with Gasteiger partial charge in [0.15, 0.2) is 0 Å². The minimum atomic E-state index is 0.0884. The van der Waals surface area contributed by atoms with E-state index in [1.54, 1.807) is 19.1 Å². The lowest BCUT2D eigenvalue weighted by molar-refractivity contribution is 0.101. The first kappa shape index (κ1) is 6.87. The maximum absolute atomic E-state index is 10.8. The van der Waals surface area contributed by atoms with Crippen molar-refractivity contribution >= 4 is 5.78 Å². The highest BCUT2D eigenvalue weighted by molar-refractivity contribution is 5.94. The maximum Gasteiger partial charge on any atom is 0.147 e. The van der Waals surface area contributed by atoms with Crippen molar-refractivity contribution in [2.24, 2.45) is 0 Å². The molecular weight excluding hydrogens is 124 g/mol. The smallest absolute Gasteiger partial charge is 0.147 e. The fraction of sp³-hybridized carbons (Fsp3) is 0.111. The van der Waals surface area contributed by atoms with Crippen LogP contribution in [0.4, 0.5) is 0 Å². The summed E-state index contributed by atoms with van der Waals surface area (Å²) in [6, 6.07) is 7.27. The maximum atomic E-state index is 10.8. The fourth-order valence-electron chi connectivity index (χ4n) is 0.790. The van der Waals surface area contributed by atoms with Gasteiger partial charge in [-0.2, -0.15) is 24.6 Å². The third-order valence-corrected chi connectivity index (χ3v) is 1.33. The molecule has 0 N–H and O–H groups in total. The van der Waals surface area contributed by atoms with Crippen LogP contribution in [0.2, 0.25) is 0 Å². The Morgan fingerprint density at radius 3 is 2.60 bits per heavy atom. The molecule has 0 aromatic heterocycles. The Morgan fingerprint density at radius 2 is 2.20 bits per heavy atom. The number of hydrogen-bond donors (Lipinski definition) is 0. The Morgan fingerprint density at radius 1 is 1.50 bits per heavy atom. The van der Waals surface area contributed by atoms with Crippen molar-refractivity contribution in [1.29, 1.82) is 0 Å². The van der Waals surface area contributed by atoms with Crippen LogP contribution >= 0.6 is 0 Å². The molecular formula is C9H9O-. The van der Waals surface area contributed by atoms with Crippen LogP contribution in [0.5, 0.6) is 0 Å². The first-order chi connectivity index (χ1) is 4.70. The van der Waals surface area contributed by atoms with Crippen molar-refractivity contribution < 1.29 is 4.79 Å². The summed E-state index contributed by atoms with van der Waals surface area (Å²) in [5.74, 6) is 0.0884. The SMILES string of the molecule is [CH2-]c1cccc(C(C)=O)c1. The molecule has 0 bridgehead atoms. The third kappa shape index (κ3) is 1.38. The molecule has 1 aromatic rings. The van der Waals surface area contributed by atoms with Crippen molar-refractivity contribution in [2.45, 2.75) is 6.92 Å². The predicted molar refractivity (Wildman–Crippen MR) is 40.9 cm³/mol. The Labute approximate surface area is 60.7 Å². The zero-order valence-electron chi connectivity index (χ0n) is 5.92. The van der Waals surface area contributed by atoms with E-state index in [9.17, 15) is 4.79 Å². The standard InChI is InChI=1S/C9H9O/c1-7-4-3-5-9(6-7)8(2)10/h3-6H,1H2,2H3/q-1. The summed E-state index contributed by atoms with van der Waals surface area (Å²) in [7, 11) is 0. The minimum absolute atomic E-state index is 0.0884. The lowest BCUT2D eigenvalue weighted by atomic mass is 10.1. The van der Waals surface area contributed by atoms with Gasteiger partial charge in [0.1, 0.15) is 5.78 Å². The van der Waals surface area contributed by atoms with Gasteiger partial charge in [0, 0.05) is 0 Å². The lowest BCUT2D eigenvalue weighted by Gasteiger charge is -2.02. The number of carbonyl (C=O) groups is 1. The zero-order valence-corrected chi connectivity index (χ0v) is 5.92. The van der Waals surface area contributed by atoms with E-state index in [1.807, 2.05) is 12.1 Å². The van der Waals surface area contributed by atoms with Gasteiger partial charge in [-0.05, 0) is 12.5 Å². The van der Waals surface area contributed by atoms with Gasteiger partial charge in [-0.1, -0.05) is 6.07 Å². The van der Waals surface area contributed by atoms with Crippen LogP contribution < -0.4 is 0 Å². The quantitative estimate of drug-likeness (QED) is 0.423. The van der Waals surface area contributed by atoms with Crippen LogP contribution in [0.15, 0.2) is 24.3 Å². The highest BCUT2D eigenvalue weighted by Crippen LogP contribution is 2.03. The van der Waals surface area contributed by atoms with Crippen LogP contribution in [0.25, 0.3) is 0 Å². The van der Waals surface area contributed by atoms with E-state index in [1.165, 1.54) is 0 Å². The first-order valence-electron chi connectivity index (χ1n) is 3.13. The van der Waals surface area contributed by atoms with Gasteiger partial charge < -0.3 is 0 Å². The van der Waals surface area contributed by atoms with Gasteiger partial charge in [0.25, 0.3) is 0 Å². The van der Waals surface area contributed by atoms with Crippen molar-refractivity contribution in [3.05, 3.63) is 42.3 Å². The summed E-state index contributed by atoms with van der Waals surface area (Å²) in [4.78, 5) is 10.8. The van der Waals surface area contributed by atoms with E-state index in [0.29, 0.717) is 0 Å². The second-order valence-electron chi connectivity index (χ2n) is 2.26. The molecule has 0 heterocycles. The summed E-state index contributed by atoms with van der Waals surface area (Å²) in [6.07, 6.45) is 0. The average Bonchev–Trinajstić information content (AvgIpc) is 1.88. The molecule has 0 unspecified atom stereocenters. The monoisotopic (exact) mass is 133 g/mol. The Kier molecular flexibility index (Phi) is 1.76. The topological polar surface area (TPSA) is 17.1 Å². The Bertz CT molecular complexity index is 251. The molecule has 10 heavy (non-hydrogen) atoms. The second kappa shape index (κ2) is 2.56. The van der Waals surface area contributed by atoms with Crippen LogP contribution in [-0.4, -0.2) is 5.78 Å². The summed E-state index contributed by atoms with van der Waals surface area (Å²) < 4.78 is 0. The van der Waals surface area contributed by atoms with Gasteiger partial charge in [0.2, 0.25) is 0 Å². The first-order valence-corrected chi connectivity index (χ1v) is 3.13. The van der Waals surface area contributed by atoms with Crippen LogP contribution in [0.1, 0.15) is 22.8 Å². The number of benzene rings is 1. The number of rotatable bonds is 1. The summed E-state index contributed by atoms with van der Waals surface area (Å²) >= 11 is 0. The van der Waals surface area contributed by atoms with Crippen LogP contribution in [0.3, 0.4) is 0 Å². The molecule has 0 spiro atoms. The summed E-state index contributed by atoms with van der Waals surface area (Å²) in [5.41, 5.74) is 1.61. The van der Waals surface area contributed by atoms with Gasteiger partial charge in [-0.15, -0.1) is 6.07 Å². The highest BCUT2D eigenvalue weighted by atomic mass is 16.1. The zero-order chi connectivity index (χ0) is 7.56. The van der Waals surface area contributed by atoms with Crippen molar-refractivity contribution in [3.8, 4) is 0 Å². The largest absolute Gasteiger partial charge is 0.296 e. The molecule has 0 radical (unpaired) electrons. The predicted octanol–water partition coefficient (Wildman–Crippen LogP) is 2.07. The molecule has 0 amide bonds. The van der Waals surface area contributed by atoms with Gasteiger partial charge in [-0.25, -0.2) is 0 Å². The Balaban J connectivity index is 3.07. The molecule has 0 fully saturated rings. The van der Waals surface area contributed by atoms with Crippen molar-refractivity contribution in [1.82, 2.24) is 0 Å². The molecule has 0 saturated carbocycles. The van der Waals surface area contributed by atoms with Gasteiger partial charge in [-0.3, -0.25) is 4.79 Å². The van der Waals surface area contributed by atoms with Gasteiger partial charge >= 0.3 is 0 Å². The normalized spacial score (nSPS) is 9.30. The van der Waals surface area contributed by atoms with Crippen molar-refractivity contribution in [3.63, 3.8) is 0 Å². The van der Waals surface area contributed by atoms with Crippen LogP contribution in [-0.2, 0) is 0 Å². The number of Topliss-reactive ketones (excluding diaryl/α,β-unsaturated/α-hetero) is 1. The molecule has 52 valence electrons. The summed E-state index contributed by atoms with van der Waals surface area (Å²) in [5, 5.41) is 0. The lowest BCUT2D eigenvalue weighted by Crippen LogP contribution is -1.90. The second-order valence-corrected chi connectivity index (χ2v) is 2.26. The minimum Gasteiger partial charge on any atom is -0.296 e. The highest BCUT2D eigenvalue weighted by Gasteiger charge is 1.90. The number of ketones is 1. The molecule has 1 heteroatoms. The van der Waals surface area contributed by atoms with Crippen LogP contribution in [0, 0.1) is 6.92 Å². The molecule has 0 aliphatic rings. The van der Waals surface area contributed by atoms with E-state index in [2.05, 4.69) is 6.92 Å². The fourth-order valence-corrected chi connectivity index (χ4v) is 0.790. The molecule has 1 aromatic carbocycles. The van der Waals surface area contributed by atoms with E-state index < -0.39 is 0 Å². The summed E-state index contributed by atoms with van der Waals surface area (Å²) in [6.45, 7) is 5.26. The number of hydrogen-bond acceptors (Lipinski definition) is 1. The van der Waals surface area contributed by atoms with Crippen molar-refractivity contribution in [2.75, 3.05) is 0 Å². The third-order valence-electron chi connectivity index (χ3n) is 1.33. The molecule has 0 aliphatic carbocycles. The molecule has 1 rings (SSSR count). The van der Waals surface area contributed by atoms with E-state index in [4.69, 9.17) is 0 Å². The van der Waals surface area contributed by atoms with E-state index in [0.717, 1.165) is 11.1 Å². The number of carbonyl (C=O) groups excluding carboxylic acids is 1. The molecule has 0 aliphatic heterocycles. The average molecular weight is 133 g/mol.